The van der Waals surface area contributed by atoms with Crippen LogP contribution in [-0.2, 0) is 0 Å². The first-order chi connectivity index (χ1) is 9.49. The van der Waals surface area contributed by atoms with E-state index in [9.17, 15) is 4.79 Å². The van der Waals surface area contributed by atoms with E-state index in [1.165, 1.54) is 11.3 Å². The highest BCUT2D eigenvalue weighted by Crippen LogP contribution is 2.19. The predicted octanol–water partition coefficient (Wildman–Crippen LogP) is 1.90. The maximum Gasteiger partial charge on any atom is 0.257 e. The number of nitrogens with one attached hydrogen (secondary N) is 2. The van der Waals surface area contributed by atoms with Gasteiger partial charge in [-0.05, 0) is 25.0 Å². The Bertz CT molecular complexity index is 624. The number of nitrogens with zero attached hydrogens (tertiary/aromatic N) is 3. The lowest BCUT2D eigenvalue weighted by molar-refractivity contribution is 0.102. The Hall–Kier alpha value is -2.06. The van der Waals surface area contributed by atoms with Crippen LogP contribution >= 0.6 is 11.3 Å². The van der Waals surface area contributed by atoms with Crippen molar-refractivity contribution >= 4 is 28.2 Å². The fourth-order valence-corrected chi connectivity index (χ4v) is 2.16. The summed E-state index contributed by atoms with van der Waals surface area (Å²) in [6.07, 6.45) is 0. The van der Waals surface area contributed by atoms with Crippen molar-refractivity contribution in [2.75, 3.05) is 10.7 Å². The smallest absolute Gasteiger partial charge is 0.257 e. The van der Waals surface area contributed by atoms with Gasteiger partial charge in [0.15, 0.2) is 0 Å². The van der Waals surface area contributed by atoms with E-state index in [2.05, 4.69) is 25.9 Å². The molecule has 2 aromatic rings. The van der Waals surface area contributed by atoms with Gasteiger partial charge in [-0.2, -0.15) is 0 Å². The number of nitrogen functional groups attached to an aromatic ring is 1. The van der Waals surface area contributed by atoms with E-state index in [-0.39, 0.29) is 11.8 Å². The Morgan fingerprint density at radius 1 is 1.35 bits per heavy atom. The number of pyridine rings is 1. The normalized spacial score (nSPS) is 10.7. The quantitative estimate of drug-likeness (QED) is 0.587. The fourth-order valence-electron chi connectivity index (χ4n) is 1.57. The fraction of sp³-hybridized carbons (Fsp3) is 0.333. The second-order valence-corrected chi connectivity index (χ2v) is 5.73. The minimum Gasteiger partial charge on any atom is -0.308 e. The maximum absolute atomic E-state index is 12.2. The average molecular weight is 292 g/mol. The van der Waals surface area contributed by atoms with Gasteiger partial charge in [-0.15, -0.1) is 10.2 Å². The van der Waals surface area contributed by atoms with Crippen LogP contribution in [-0.4, -0.2) is 21.1 Å². The Kier molecular flexibility index (Phi) is 4.26. The molecule has 0 radical (unpaired) electrons. The molecular weight excluding hydrogens is 276 g/mol. The predicted molar refractivity (Wildman–Crippen MR) is 78.7 cm³/mol. The van der Waals surface area contributed by atoms with E-state index < -0.39 is 0 Å². The highest BCUT2D eigenvalue weighted by Gasteiger charge is 2.13. The molecule has 0 unspecified atom stereocenters. The van der Waals surface area contributed by atoms with Crippen molar-refractivity contribution in [1.82, 2.24) is 15.2 Å². The molecule has 0 saturated carbocycles. The summed E-state index contributed by atoms with van der Waals surface area (Å²) in [5.41, 5.74) is 3.74. The molecule has 0 spiro atoms. The zero-order chi connectivity index (χ0) is 14.7. The molecular formula is C12H16N6OS. The van der Waals surface area contributed by atoms with E-state index in [1.807, 2.05) is 20.8 Å². The summed E-state index contributed by atoms with van der Waals surface area (Å²) < 4.78 is 0. The highest BCUT2D eigenvalue weighted by atomic mass is 32.1. The number of anilines is 2. The topological polar surface area (TPSA) is 106 Å². The van der Waals surface area contributed by atoms with Crippen LogP contribution in [0.3, 0.4) is 0 Å². The van der Waals surface area contributed by atoms with Crippen LogP contribution in [0.2, 0.25) is 0 Å². The Labute approximate surface area is 120 Å². The molecule has 2 rings (SSSR count). The van der Waals surface area contributed by atoms with Crippen molar-refractivity contribution in [3.05, 3.63) is 28.4 Å². The monoisotopic (exact) mass is 292 g/mol. The summed E-state index contributed by atoms with van der Waals surface area (Å²) in [4.78, 5) is 16.5. The van der Waals surface area contributed by atoms with Crippen LogP contribution in [0, 0.1) is 6.92 Å². The molecule has 4 N–H and O–H groups in total. The van der Waals surface area contributed by atoms with Gasteiger partial charge in [0.1, 0.15) is 10.8 Å². The molecule has 8 heteroatoms. The lowest BCUT2D eigenvalue weighted by Gasteiger charge is -2.10. The van der Waals surface area contributed by atoms with Crippen molar-refractivity contribution in [3.8, 4) is 0 Å². The third kappa shape index (κ3) is 3.28. The summed E-state index contributed by atoms with van der Waals surface area (Å²) in [6.45, 7) is 5.82. The van der Waals surface area contributed by atoms with Gasteiger partial charge in [-0.25, -0.2) is 10.8 Å². The van der Waals surface area contributed by atoms with Gasteiger partial charge in [0.2, 0.25) is 5.13 Å². The molecule has 7 nitrogen and oxygen atoms in total. The number of rotatable bonds is 4. The van der Waals surface area contributed by atoms with E-state index >= 15 is 0 Å². The molecule has 106 valence electrons. The molecule has 20 heavy (non-hydrogen) atoms. The lowest BCUT2D eigenvalue weighted by Crippen LogP contribution is -2.16. The molecule has 0 bridgehead atoms. The molecule has 2 aromatic heterocycles. The van der Waals surface area contributed by atoms with Crippen molar-refractivity contribution in [2.24, 2.45) is 5.84 Å². The maximum atomic E-state index is 12.2. The van der Waals surface area contributed by atoms with Gasteiger partial charge in [0, 0.05) is 11.3 Å². The number of aryl methyl sites for hydroxylation is 1. The average Bonchev–Trinajstić information content (AvgIpc) is 2.83. The van der Waals surface area contributed by atoms with Crippen LogP contribution in [0.15, 0.2) is 12.1 Å². The number of amides is 1. The number of carbonyl (C=O) groups is 1. The van der Waals surface area contributed by atoms with E-state index in [0.29, 0.717) is 16.5 Å². The summed E-state index contributed by atoms with van der Waals surface area (Å²) in [7, 11) is 0. The molecule has 2 heterocycles. The molecule has 0 saturated heterocycles. The molecule has 1 amide bonds. The van der Waals surface area contributed by atoms with Gasteiger partial charge in [0.05, 0.1) is 0 Å². The van der Waals surface area contributed by atoms with Crippen molar-refractivity contribution in [1.29, 1.82) is 0 Å². The molecule has 0 aliphatic heterocycles. The molecule has 0 aliphatic rings. The molecule has 0 atom stereocenters. The van der Waals surface area contributed by atoms with Crippen molar-refractivity contribution in [3.63, 3.8) is 0 Å². The number of nitrogens with two attached hydrogens (primary N) is 1. The van der Waals surface area contributed by atoms with Crippen molar-refractivity contribution in [2.45, 2.75) is 26.7 Å². The first-order valence-electron chi connectivity index (χ1n) is 6.09. The zero-order valence-corrected chi connectivity index (χ0v) is 12.3. The third-order valence-corrected chi connectivity index (χ3v) is 3.35. The summed E-state index contributed by atoms with van der Waals surface area (Å²) in [5.74, 6) is 5.76. The largest absolute Gasteiger partial charge is 0.308 e. The SMILES string of the molecule is Cc1nnc(NC(=O)c2cc(NN)nc(C(C)C)c2)s1. The van der Waals surface area contributed by atoms with Gasteiger partial charge >= 0.3 is 0 Å². The Morgan fingerprint density at radius 3 is 2.65 bits per heavy atom. The van der Waals surface area contributed by atoms with Crippen LogP contribution in [0.5, 0.6) is 0 Å². The van der Waals surface area contributed by atoms with Gasteiger partial charge in [-0.3, -0.25) is 10.1 Å². The standard InChI is InChI=1S/C12H16N6OS/c1-6(2)9-4-8(5-10(14-9)16-13)11(19)15-12-18-17-7(3)20-12/h4-6H,13H2,1-3H3,(H,14,16)(H,15,18,19). The second-order valence-electron chi connectivity index (χ2n) is 4.55. The second kappa shape index (κ2) is 5.93. The molecule has 0 aliphatic carbocycles. The van der Waals surface area contributed by atoms with E-state index in [0.717, 1.165) is 10.7 Å². The van der Waals surface area contributed by atoms with Crippen LogP contribution in [0.1, 0.15) is 40.8 Å². The third-order valence-electron chi connectivity index (χ3n) is 2.59. The number of aromatic nitrogens is 3. The van der Waals surface area contributed by atoms with Crippen molar-refractivity contribution < 1.29 is 4.79 Å². The van der Waals surface area contributed by atoms with E-state index in [4.69, 9.17) is 5.84 Å². The van der Waals surface area contributed by atoms with Gasteiger partial charge in [-0.1, -0.05) is 25.2 Å². The summed E-state index contributed by atoms with van der Waals surface area (Å²) in [5, 5.41) is 11.7. The Morgan fingerprint density at radius 2 is 2.10 bits per heavy atom. The summed E-state index contributed by atoms with van der Waals surface area (Å²) >= 11 is 1.32. The minimum atomic E-state index is -0.262. The molecule has 0 aromatic carbocycles. The van der Waals surface area contributed by atoms with Crippen LogP contribution in [0.25, 0.3) is 0 Å². The minimum absolute atomic E-state index is 0.193. The van der Waals surface area contributed by atoms with Gasteiger partial charge in [0.25, 0.3) is 5.91 Å². The summed E-state index contributed by atoms with van der Waals surface area (Å²) in [6, 6.07) is 3.34. The Balaban J connectivity index is 2.26. The lowest BCUT2D eigenvalue weighted by atomic mass is 10.1. The highest BCUT2D eigenvalue weighted by molar-refractivity contribution is 7.15. The molecule has 0 fully saturated rings. The first-order valence-corrected chi connectivity index (χ1v) is 6.91. The number of hydrazine groups is 1. The zero-order valence-electron chi connectivity index (χ0n) is 11.5. The van der Waals surface area contributed by atoms with Crippen LogP contribution in [0.4, 0.5) is 10.9 Å². The van der Waals surface area contributed by atoms with E-state index in [1.54, 1.807) is 12.1 Å². The number of hydrogen-bond acceptors (Lipinski definition) is 7. The van der Waals surface area contributed by atoms with Crippen LogP contribution < -0.4 is 16.6 Å². The number of carbonyl (C=O) groups excluding carboxylic acids is 1. The number of hydrogen-bond donors (Lipinski definition) is 3. The first kappa shape index (κ1) is 14.4. The van der Waals surface area contributed by atoms with Gasteiger partial charge < -0.3 is 5.43 Å².